The fourth-order valence-electron chi connectivity index (χ4n) is 1.74. The molecular formula is C10H13N5O5. The van der Waals surface area contributed by atoms with E-state index in [-0.39, 0.29) is 25.5 Å². The first-order valence-electron chi connectivity index (χ1n) is 5.80. The van der Waals surface area contributed by atoms with Gasteiger partial charge in [-0.15, -0.1) is 0 Å². The monoisotopic (exact) mass is 283 g/mol. The van der Waals surface area contributed by atoms with Gasteiger partial charge in [-0.25, -0.2) is 9.59 Å². The van der Waals surface area contributed by atoms with Crippen LogP contribution in [-0.4, -0.2) is 57.2 Å². The number of carbonyl (C=O) groups excluding carboxylic acids is 2. The lowest BCUT2D eigenvalue weighted by atomic mass is 10.2. The van der Waals surface area contributed by atoms with Crippen molar-refractivity contribution in [2.45, 2.75) is 19.5 Å². The summed E-state index contributed by atoms with van der Waals surface area (Å²) in [6.07, 6.45) is 0. The molecule has 1 aliphatic rings. The smallest absolute Gasteiger partial charge is 0.328 e. The Morgan fingerprint density at radius 1 is 1.60 bits per heavy atom. The van der Waals surface area contributed by atoms with Gasteiger partial charge in [0.2, 0.25) is 11.8 Å². The summed E-state index contributed by atoms with van der Waals surface area (Å²) in [5.74, 6) is -0.970. The molecule has 108 valence electrons. The van der Waals surface area contributed by atoms with E-state index in [9.17, 15) is 14.4 Å². The zero-order valence-electron chi connectivity index (χ0n) is 10.6. The number of aryl methyl sites for hydroxylation is 1. The SMILES string of the molecule is Cc1nc(CNC(=O)N2CC(=O)NCC2C(=O)O)no1. The van der Waals surface area contributed by atoms with Gasteiger partial charge in [-0.05, 0) is 0 Å². The number of hydrogen-bond acceptors (Lipinski definition) is 6. The van der Waals surface area contributed by atoms with Gasteiger partial charge in [-0.2, -0.15) is 4.98 Å². The van der Waals surface area contributed by atoms with Crippen LogP contribution in [0.25, 0.3) is 0 Å². The number of urea groups is 1. The molecule has 0 spiro atoms. The number of amides is 3. The quantitative estimate of drug-likeness (QED) is 0.612. The molecule has 3 N–H and O–H groups in total. The summed E-state index contributed by atoms with van der Waals surface area (Å²) in [6, 6.07) is -1.77. The lowest BCUT2D eigenvalue weighted by molar-refractivity contribution is -0.144. The van der Waals surface area contributed by atoms with Crippen molar-refractivity contribution in [2.75, 3.05) is 13.1 Å². The van der Waals surface area contributed by atoms with Crippen LogP contribution in [0.4, 0.5) is 4.79 Å². The van der Waals surface area contributed by atoms with Gasteiger partial charge in [-0.3, -0.25) is 9.69 Å². The van der Waals surface area contributed by atoms with Crippen LogP contribution < -0.4 is 10.6 Å². The summed E-state index contributed by atoms with van der Waals surface area (Å²) in [5.41, 5.74) is 0. The molecule has 0 saturated carbocycles. The Morgan fingerprint density at radius 3 is 2.95 bits per heavy atom. The van der Waals surface area contributed by atoms with Crippen LogP contribution in [-0.2, 0) is 16.1 Å². The number of aromatic nitrogens is 2. The van der Waals surface area contributed by atoms with E-state index in [1.54, 1.807) is 6.92 Å². The van der Waals surface area contributed by atoms with Crippen LogP contribution in [0.2, 0.25) is 0 Å². The van der Waals surface area contributed by atoms with Gasteiger partial charge in [-0.1, -0.05) is 5.16 Å². The molecule has 0 radical (unpaired) electrons. The molecule has 1 fully saturated rings. The lowest BCUT2D eigenvalue weighted by Gasteiger charge is -2.32. The molecule has 10 nitrogen and oxygen atoms in total. The van der Waals surface area contributed by atoms with E-state index in [4.69, 9.17) is 9.63 Å². The van der Waals surface area contributed by atoms with Crippen molar-refractivity contribution in [3.63, 3.8) is 0 Å². The Labute approximate surface area is 113 Å². The predicted octanol–water partition coefficient (Wildman–Crippen LogP) is -1.53. The number of carboxylic acid groups (broad SMARTS) is 1. The molecule has 0 bridgehead atoms. The van der Waals surface area contributed by atoms with E-state index >= 15 is 0 Å². The van der Waals surface area contributed by atoms with E-state index in [0.29, 0.717) is 5.89 Å². The van der Waals surface area contributed by atoms with E-state index in [2.05, 4.69) is 20.8 Å². The first-order valence-corrected chi connectivity index (χ1v) is 5.80. The van der Waals surface area contributed by atoms with Crippen molar-refractivity contribution in [1.82, 2.24) is 25.7 Å². The summed E-state index contributed by atoms with van der Waals surface area (Å²) in [7, 11) is 0. The molecule has 1 unspecified atom stereocenters. The lowest BCUT2D eigenvalue weighted by Crippen LogP contribution is -2.61. The highest BCUT2D eigenvalue weighted by atomic mass is 16.5. The molecule has 1 saturated heterocycles. The summed E-state index contributed by atoms with van der Waals surface area (Å²) in [4.78, 5) is 39.1. The highest BCUT2D eigenvalue weighted by Crippen LogP contribution is 2.05. The molecule has 0 aliphatic carbocycles. The highest BCUT2D eigenvalue weighted by molar-refractivity contribution is 5.90. The molecule has 1 aromatic rings. The van der Waals surface area contributed by atoms with Crippen molar-refractivity contribution < 1.29 is 24.0 Å². The molecule has 3 amide bonds. The van der Waals surface area contributed by atoms with Gasteiger partial charge in [0.05, 0.1) is 6.54 Å². The van der Waals surface area contributed by atoms with Crippen molar-refractivity contribution in [1.29, 1.82) is 0 Å². The fraction of sp³-hybridized carbons (Fsp3) is 0.500. The first-order chi connectivity index (χ1) is 9.47. The third-order valence-corrected chi connectivity index (χ3v) is 2.70. The minimum Gasteiger partial charge on any atom is -0.480 e. The normalized spacial score (nSPS) is 18.6. The van der Waals surface area contributed by atoms with Crippen LogP contribution in [0.1, 0.15) is 11.7 Å². The average molecular weight is 283 g/mol. The van der Waals surface area contributed by atoms with Gasteiger partial charge >= 0.3 is 12.0 Å². The number of carboxylic acids is 1. The third-order valence-electron chi connectivity index (χ3n) is 2.70. The minimum absolute atomic E-state index is 0.0133. The Hall–Kier alpha value is -2.65. The number of nitrogens with one attached hydrogen (secondary N) is 2. The maximum absolute atomic E-state index is 11.9. The Morgan fingerprint density at radius 2 is 2.35 bits per heavy atom. The molecule has 1 atom stereocenters. The minimum atomic E-state index is -1.18. The van der Waals surface area contributed by atoms with Gasteiger partial charge in [0.25, 0.3) is 0 Å². The van der Waals surface area contributed by atoms with Gasteiger partial charge in [0.15, 0.2) is 5.82 Å². The predicted molar refractivity (Wildman–Crippen MR) is 62.4 cm³/mol. The van der Waals surface area contributed by atoms with Crippen molar-refractivity contribution in [3.8, 4) is 0 Å². The molecule has 20 heavy (non-hydrogen) atoms. The molecule has 1 aliphatic heterocycles. The molecule has 1 aromatic heterocycles. The number of hydrogen-bond donors (Lipinski definition) is 3. The number of piperazine rings is 1. The second kappa shape index (κ2) is 5.55. The average Bonchev–Trinajstić information content (AvgIpc) is 2.81. The Balaban J connectivity index is 1.98. The maximum atomic E-state index is 11.9. The topological polar surface area (TPSA) is 138 Å². The summed E-state index contributed by atoms with van der Waals surface area (Å²) in [6.45, 7) is 1.16. The third kappa shape index (κ3) is 3.02. The zero-order valence-corrected chi connectivity index (χ0v) is 10.6. The van der Waals surface area contributed by atoms with E-state index in [1.165, 1.54) is 0 Å². The molecule has 2 heterocycles. The van der Waals surface area contributed by atoms with Crippen LogP contribution in [0.5, 0.6) is 0 Å². The van der Waals surface area contributed by atoms with E-state index < -0.39 is 23.9 Å². The second-order valence-electron chi connectivity index (χ2n) is 4.17. The van der Waals surface area contributed by atoms with Gasteiger partial charge in [0.1, 0.15) is 12.6 Å². The van der Waals surface area contributed by atoms with Gasteiger partial charge < -0.3 is 20.3 Å². The first kappa shape index (κ1) is 13.8. The Kier molecular flexibility index (Phi) is 3.82. The maximum Gasteiger partial charge on any atom is 0.328 e. The molecular weight excluding hydrogens is 270 g/mol. The van der Waals surface area contributed by atoms with Crippen molar-refractivity contribution in [3.05, 3.63) is 11.7 Å². The summed E-state index contributed by atoms with van der Waals surface area (Å²) >= 11 is 0. The fourth-order valence-corrected chi connectivity index (χ4v) is 1.74. The highest BCUT2D eigenvalue weighted by Gasteiger charge is 2.35. The van der Waals surface area contributed by atoms with E-state index in [0.717, 1.165) is 4.90 Å². The van der Waals surface area contributed by atoms with Gasteiger partial charge in [0, 0.05) is 13.5 Å². The largest absolute Gasteiger partial charge is 0.480 e. The molecule has 2 rings (SSSR count). The van der Waals surface area contributed by atoms with Crippen molar-refractivity contribution in [2.24, 2.45) is 0 Å². The van der Waals surface area contributed by atoms with Crippen LogP contribution in [0, 0.1) is 6.92 Å². The van der Waals surface area contributed by atoms with Crippen LogP contribution >= 0.6 is 0 Å². The molecule has 10 heteroatoms. The zero-order chi connectivity index (χ0) is 14.7. The number of carbonyl (C=O) groups is 3. The number of rotatable bonds is 3. The molecule has 0 aromatic carbocycles. The van der Waals surface area contributed by atoms with Crippen molar-refractivity contribution >= 4 is 17.9 Å². The summed E-state index contributed by atoms with van der Waals surface area (Å²) < 4.78 is 4.73. The van der Waals surface area contributed by atoms with Crippen LogP contribution in [0.15, 0.2) is 4.52 Å². The number of aliphatic carboxylic acids is 1. The Bertz CT molecular complexity index is 542. The van der Waals surface area contributed by atoms with Crippen LogP contribution in [0.3, 0.4) is 0 Å². The standard InChI is InChI=1S/C10H13N5O5/c1-5-13-7(14-20-5)3-12-10(19)15-4-8(16)11-2-6(15)9(17)18/h6H,2-4H2,1H3,(H,11,16)(H,12,19)(H,17,18). The van der Waals surface area contributed by atoms with E-state index in [1.807, 2.05) is 0 Å². The second-order valence-corrected chi connectivity index (χ2v) is 4.17. The number of nitrogens with zero attached hydrogens (tertiary/aromatic N) is 3. The summed E-state index contributed by atoms with van der Waals surface area (Å²) in [5, 5.41) is 17.4.